The van der Waals surface area contributed by atoms with E-state index in [9.17, 15) is 30.0 Å². The van der Waals surface area contributed by atoms with Crippen LogP contribution in [-0.2, 0) is 19.1 Å². The van der Waals surface area contributed by atoms with E-state index in [-0.39, 0.29) is 12.8 Å². The summed E-state index contributed by atoms with van der Waals surface area (Å²) in [5.41, 5.74) is -1.99. The minimum absolute atomic E-state index is 0.175. The summed E-state index contributed by atoms with van der Waals surface area (Å²) in [6.45, 7) is 2.27. The maximum absolute atomic E-state index is 12.5. The van der Waals surface area contributed by atoms with E-state index in [0.29, 0.717) is 6.42 Å². The number of nitrogens with one attached hydrogen (secondary N) is 1. The molecule has 6 N–H and O–H groups in total. The monoisotopic (exact) mass is 393 g/mol. The minimum atomic E-state index is -1.99. The van der Waals surface area contributed by atoms with Crippen molar-refractivity contribution in [1.82, 2.24) is 5.32 Å². The molecule has 27 heavy (non-hydrogen) atoms. The van der Waals surface area contributed by atoms with Crippen LogP contribution in [0.4, 0.5) is 0 Å². The highest BCUT2D eigenvalue weighted by atomic mass is 16.6. The summed E-state index contributed by atoms with van der Waals surface area (Å²) in [4.78, 5) is 24.0. The Labute approximate surface area is 158 Å². The van der Waals surface area contributed by atoms with Gasteiger partial charge in [-0.2, -0.15) is 0 Å². The number of aliphatic hydroxyl groups is 5. The Hall–Kier alpha value is -1.30. The Balaban J connectivity index is 3.31. The molecule has 0 saturated carbocycles. The Morgan fingerprint density at radius 1 is 1.33 bits per heavy atom. The van der Waals surface area contributed by atoms with Crippen LogP contribution in [0.1, 0.15) is 39.5 Å². The van der Waals surface area contributed by atoms with Crippen molar-refractivity contribution in [3.05, 3.63) is 0 Å². The molecule has 0 spiro atoms. The van der Waals surface area contributed by atoms with Crippen molar-refractivity contribution in [2.75, 3.05) is 13.7 Å². The van der Waals surface area contributed by atoms with Gasteiger partial charge in [0.05, 0.1) is 32.0 Å². The lowest BCUT2D eigenvalue weighted by Gasteiger charge is -2.49. The molecule has 0 bridgehead atoms. The zero-order valence-electron chi connectivity index (χ0n) is 15.9. The van der Waals surface area contributed by atoms with Crippen LogP contribution in [0.25, 0.3) is 0 Å². The number of esters is 1. The number of unbranched alkanes of at least 4 members (excludes halogenated alkanes) is 1. The fraction of sp³-hybridized carbons (Fsp3) is 0.882. The molecule has 1 heterocycles. The number of carbonyl (C=O) groups is 2. The SMILES string of the molecule is CCCCC(O)[C@]1(C(=O)OC)C[C@H](O)[C@@H](NC(C)=O)[C@H]([C@H](O)[C@H](O)CO)O1. The molecule has 0 aromatic rings. The molecular weight excluding hydrogens is 362 g/mol. The molecule has 0 aliphatic carbocycles. The van der Waals surface area contributed by atoms with Gasteiger partial charge in [0, 0.05) is 13.3 Å². The Bertz CT molecular complexity index is 503. The second-order valence-corrected chi connectivity index (χ2v) is 6.86. The maximum atomic E-state index is 12.5. The standard InChI is InChI=1S/C17H31NO9/c1-4-5-6-12(23)17(16(25)26-3)7-10(21)13(18-9(2)20)15(27-17)14(24)11(22)8-19/h10-15,19,21-24H,4-8H2,1-3H3,(H,18,20)/t10-,11+,12?,13+,14+,15+,17-/m0/s1. The predicted octanol–water partition coefficient (Wildman–Crippen LogP) is -2.18. The van der Waals surface area contributed by atoms with Crippen molar-refractivity contribution in [2.24, 2.45) is 0 Å². The van der Waals surface area contributed by atoms with Gasteiger partial charge in [-0.1, -0.05) is 19.8 Å². The summed E-state index contributed by atoms with van der Waals surface area (Å²) in [5, 5.41) is 52.9. The number of rotatable bonds is 9. The molecule has 0 radical (unpaired) electrons. The summed E-state index contributed by atoms with van der Waals surface area (Å²) >= 11 is 0. The molecule has 1 aliphatic rings. The first-order valence-corrected chi connectivity index (χ1v) is 9.01. The van der Waals surface area contributed by atoms with Crippen LogP contribution >= 0.6 is 0 Å². The normalized spacial score (nSPS) is 31.6. The average Bonchev–Trinajstić information content (AvgIpc) is 2.64. The molecule has 7 atom stereocenters. The van der Waals surface area contributed by atoms with Crippen molar-refractivity contribution < 1.29 is 44.6 Å². The number of aliphatic hydroxyl groups excluding tert-OH is 5. The van der Waals surface area contributed by atoms with Gasteiger partial charge >= 0.3 is 5.97 Å². The van der Waals surface area contributed by atoms with Gasteiger partial charge in [0.15, 0.2) is 5.60 Å². The van der Waals surface area contributed by atoms with E-state index >= 15 is 0 Å². The van der Waals surface area contributed by atoms with Crippen LogP contribution in [0.15, 0.2) is 0 Å². The third kappa shape index (κ3) is 5.37. The number of ether oxygens (including phenoxy) is 2. The van der Waals surface area contributed by atoms with Crippen molar-refractivity contribution in [3.63, 3.8) is 0 Å². The number of hydrogen-bond donors (Lipinski definition) is 6. The fourth-order valence-electron chi connectivity index (χ4n) is 3.33. The van der Waals surface area contributed by atoms with Crippen LogP contribution in [0, 0.1) is 0 Å². The quantitative estimate of drug-likeness (QED) is 0.239. The van der Waals surface area contributed by atoms with Crippen LogP contribution in [-0.4, -0.2) is 93.3 Å². The van der Waals surface area contributed by atoms with E-state index in [4.69, 9.17) is 14.6 Å². The molecule has 158 valence electrons. The average molecular weight is 393 g/mol. The number of hydrogen-bond acceptors (Lipinski definition) is 9. The molecular formula is C17H31NO9. The molecule has 10 nitrogen and oxygen atoms in total. The van der Waals surface area contributed by atoms with Gasteiger partial charge in [0.2, 0.25) is 5.91 Å². The lowest BCUT2D eigenvalue weighted by atomic mass is 9.79. The van der Waals surface area contributed by atoms with Gasteiger partial charge in [-0.05, 0) is 6.42 Å². The predicted molar refractivity (Wildman–Crippen MR) is 92.5 cm³/mol. The Kier molecular flexibility index (Phi) is 9.06. The van der Waals surface area contributed by atoms with Gasteiger partial charge in [-0.25, -0.2) is 4.79 Å². The highest BCUT2D eigenvalue weighted by molar-refractivity contribution is 5.81. The lowest BCUT2D eigenvalue weighted by molar-refractivity contribution is -0.253. The molecule has 1 unspecified atom stereocenters. The van der Waals surface area contributed by atoms with E-state index in [1.54, 1.807) is 0 Å². The van der Waals surface area contributed by atoms with Crippen molar-refractivity contribution in [1.29, 1.82) is 0 Å². The van der Waals surface area contributed by atoms with Crippen LogP contribution in [0.5, 0.6) is 0 Å². The smallest absolute Gasteiger partial charge is 0.340 e. The third-order valence-electron chi connectivity index (χ3n) is 4.82. The fourth-order valence-corrected chi connectivity index (χ4v) is 3.33. The molecule has 1 fully saturated rings. The molecule has 0 aromatic heterocycles. The third-order valence-corrected chi connectivity index (χ3v) is 4.82. The summed E-state index contributed by atoms with van der Waals surface area (Å²) in [7, 11) is 1.10. The van der Waals surface area contributed by atoms with Crippen molar-refractivity contribution in [3.8, 4) is 0 Å². The van der Waals surface area contributed by atoms with Gasteiger partial charge < -0.3 is 40.3 Å². The highest BCUT2D eigenvalue weighted by Crippen LogP contribution is 2.37. The summed E-state index contributed by atoms with van der Waals surface area (Å²) in [6, 6.07) is -1.17. The van der Waals surface area contributed by atoms with E-state index < -0.39 is 60.6 Å². The lowest BCUT2D eigenvalue weighted by Crippen LogP contribution is -2.70. The Morgan fingerprint density at radius 3 is 2.44 bits per heavy atom. The molecule has 10 heteroatoms. The molecule has 1 saturated heterocycles. The zero-order valence-corrected chi connectivity index (χ0v) is 15.9. The highest BCUT2D eigenvalue weighted by Gasteiger charge is 2.58. The topological polar surface area (TPSA) is 166 Å². The second kappa shape index (κ2) is 10.3. The van der Waals surface area contributed by atoms with Gasteiger partial charge in [0.1, 0.15) is 18.3 Å². The summed E-state index contributed by atoms with van der Waals surface area (Å²) < 4.78 is 10.5. The molecule has 0 aromatic carbocycles. The van der Waals surface area contributed by atoms with E-state index in [0.717, 1.165) is 13.5 Å². The first kappa shape index (κ1) is 23.7. The van der Waals surface area contributed by atoms with Gasteiger partial charge in [-0.15, -0.1) is 0 Å². The minimum Gasteiger partial charge on any atom is -0.467 e. The number of amides is 1. The van der Waals surface area contributed by atoms with Crippen molar-refractivity contribution >= 4 is 11.9 Å². The molecule has 1 aliphatic heterocycles. The molecule has 1 rings (SSSR count). The van der Waals surface area contributed by atoms with Crippen molar-refractivity contribution in [2.45, 2.75) is 81.7 Å². The van der Waals surface area contributed by atoms with Gasteiger partial charge in [0.25, 0.3) is 0 Å². The number of methoxy groups -OCH3 is 1. The number of carbonyl (C=O) groups excluding carboxylic acids is 2. The second-order valence-electron chi connectivity index (χ2n) is 6.86. The Morgan fingerprint density at radius 2 is 1.96 bits per heavy atom. The van der Waals surface area contributed by atoms with Crippen LogP contribution < -0.4 is 5.32 Å². The maximum Gasteiger partial charge on any atom is 0.340 e. The first-order chi connectivity index (χ1) is 12.6. The summed E-state index contributed by atoms with van der Waals surface area (Å²) in [6.07, 6.45) is -6.51. The van der Waals surface area contributed by atoms with Crippen LogP contribution in [0.2, 0.25) is 0 Å². The zero-order chi connectivity index (χ0) is 20.8. The van der Waals surface area contributed by atoms with Gasteiger partial charge in [-0.3, -0.25) is 4.79 Å². The van der Waals surface area contributed by atoms with Crippen LogP contribution in [0.3, 0.4) is 0 Å². The molecule has 1 amide bonds. The van der Waals surface area contributed by atoms with E-state index in [2.05, 4.69) is 5.32 Å². The van der Waals surface area contributed by atoms with E-state index in [1.165, 1.54) is 6.92 Å². The van der Waals surface area contributed by atoms with E-state index in [1.807, 2.05) is 6.92 Å². The summed E-state index contributed by atoms with van der Waals surface area (Å²) in [5.74, 6) is -1.47. The first-order valence-electron chi connectivity index (χ1n) is 9.01. The largest absolute Gasteiger partial charge is 0.467 e.